The number of fused-ring (bicyclic) bond motifs is 1. The van der Waals surface area contributed by atoms with Gasteiger partial charge in [0.15, 0.2) is 5.82 Å². The van der Waals surface area contributed by atoms with Crippen molar-refractivity contribution < 1.29 is 14.3 Å². The van der Waals surface area contributed by atoms with Crippen LogP contribution in [0.2, 0.25) is 0 Å². The standard InChI is InChI=1S/C11H10FN3S2.C10H22.C5H10O2.C5H10/c12-11-8-6-17(16)5-7(8)1-2-9(11)14-10-3-4-13-15-10;1-5-7-9-10(3,4)8-6-2;1-3-4(2)5(6)7;1-2-4-5-3-1/h1-4H,5-6H2,(H2,13,14,15);5-9H2,1-4H3;4H,3H2,1-2H3,(H,6,7);1-5H2. The summed E-state index contributed by atoms with van der Waals surface area (Å²) < 4.78 is 14.2. The summed E-state index contributed by atoms with van der Waals surface area (Å²) >= 11 is 5.25. The van der Waals surface area contributed by atoms with Gasteiger partial charge in [-0.05, 0) is 36.3 Å². The number of carboxylic acid groups (broad SMARTS) is 1. The Morgan fingerprint density at radius 2 is 1.74 bits per heavy atom. The first-order chi connectivity index (χ1) is 18.5. The van der Waals surface area contributed by atoms with Crippen LogP contribution in [0.15, 0.2) is 24.4 Å². The molecule has 1 saturated carbocycles. The summed E-state index contributed by atoms with van der Waals surface area (Å²) in [6.45, 7) is 12.9. The highest BCUT2D eigenvalue weighted by Crippen LogP contribution is 2.31. The number of carbonyl (C=O) groups is 1. The van der Waals surface area contributed by atoms with Crippen molar-refractivity contribution in [2.24, 2.45) is 11.3 Å². The van der Waals surface area contributed by atoms with E-state index in [1.807, 2.05) is 13.0 Å². The van der Waals surface area contributed by atoms with Crippen molar-refractivity contribution in [1.29, 1.82) is 0 Å². The van der Waals surface area contributed by atoms with Gasteiger partial charge in [-0.3, -0.25) is 9.89 Å². The first-order valence-corrected chi connectivity index (χ1v) is 17.2. The Bertz CT molecular complexity index is 969. The largest absolute Gasteiger partial charge is 0.481 e. The van der Waals surface area contributed by atoms with Crippen molar-refractivity contribution in [3.05, 3.63) is 41.3 Å². The highest BCUT2D eigenvalue weighted by atomic mass is 32.8. The molecule has 8 heteroatoms. The molecule has 222 valence electrons. The van der Waals surface area contributed by atoms with E-state index in [-0.39, 0.29) is 21.2 Å². The number of nitrogens with one attached hydrogen (secondary N) is 2. The zero-order chi connectivity index (χ0) is 29.3. The van der Waals surface area contributed by atoms with Gasteiger partial charge in [-0.15, -0.1) is 9.45 Å². The van der Waals surface area contributed by atoms with E-state index in [1.165, 1.54) is 64.2 Å². The topological polar surface area (TPSA) is 78.0 Å². The van der Waals surface area contributed by atoms with Gasteiger partial charge in [0.25, 0.3) is 0 Å². The number of carboxylic acids is 1. The van der Waals surface area contributed by atoms with Gasteiger partial charge in [-0.25, -0.2) is 4.39 Å². The lowest BCUT2D eigenvalue weighted by Crippen LogP contribution is -2.09. The van der Waals surface area contributed by atoms with Crippen LogP contribution in [0, 0.1) is 17.2 Å². The Hall–Kier alpha value is -1.80. The lowest BCUT2D eigenvalue weighted by Gasteiger charge is -2.23. The van der Waals surface area contributed by atoms with Crippen LogP contribution in [0.4, 0.5) is 15.9 Å². The molecule has 2 aliphatic rings. The monoisotopic (exact) mass is 581 g/mol. The first kappa shape index (κ1) is 35.2. The van der Waals surface area contributed by atoms with Crippen LogP contribution < -0.4 is 5.32 Å². The number of hydrogen-bond acceptors (Lipinski definition) is 4. The second kappa shape index (κ2) is 19.3. The van der Waals surface area contributed by atoms with Crippen LogP contribution in [-0.2, 0) is 36.9 Å². The fourth-order valence-electron chi connectivity index (χ4n) is 4.42. The van der Waals surface area contributed by atoms with E-state index in [0.29, 0.717) is 22.7 Å². The molecule has 2 aromatic rings. The molecule has 3 N–H and O–H groups in total. The maximum absolute atomic E-state index is 14.2. The van der Waals surface area contributed by atoms with Crippen molar-refractivity contribution in [1.82, 2.24) is 10.2 Å². The Morgan fingerprint density at radius 3 is 2.21 bits per heavy atom. The predicted octanol–water partition coefficient (Wildman–Crippen LogP) is 9.46. The number of hydrogen-bond donors (Lipinski definition) is 3. The molecular weight excluding hydrogens is 529 g/mol. The highest BCUT2D eigenvalue weighted by molar-refractivity contribution is 8.28. The molecule has 0 bridgehead atoms. The molecule has 1 aliphatic carbocycles. The molecule has 1 fully saturated rings. The third-order valence-corrected chi connectivity index (χ3v) is 9.10. The van der Waals surface area contributed by atoms with Crippen LogP contribution >= 0.6 is 0 Å². The van der Waals surface area contributed by atoms with E-state index in [4.69, 9.17) is 16.3 Å². The summed E-state index contributed by atoms with van der Waals surface area (Å²) in [7, 11) is -0.131. The Labute approximate surface area is 243 Å². The van der Waals surface area contributed by atoms with E-state index in [2.05, 4.69) is 43.2 Å². The molecular formula is C31H52FN3O2S2. The highest BCUT2D eigenvalue weighted by Gasteiger charge is 2.21. The van der Waals surface area contributed by atoms with Crippen molar-refractivity contribution in [2.75, 3.05) is 5.32 Å². The fraction of sp³-hybridized carbons (Fsp3) is 0.677. The molecule has 0 spiro atoms. The van der Waals surface area contributed by atoms with Gasteiger partial charge in [-0.2, -0.15) is 5.10 Å². The van der Waals surface area contributed by atoms with Gasteiger partial charge in [-0.1, -0.05) is 110 Å². The second-order valence-electron chi connectivity index (χ2n) is 11.3. The molecule has 0 radical (unpaired) electrons. The fourth-order valence-corrected chi connectivity index (χ4v) is 6.51. The van der Waals surface area contributed by atoms with Gasteiger partial charge in [0.1, 0.15) is 5.82 Å². The van der Waals surface area contributed by atoms with Crippen LogP contribution in [0.1, 0.15) is 123 Å². The number of anilines is 2. The SMILES string of the molecule is C1CCCC1.CCC(C)C(=O)O.CCCCC(C)(C)CCC.Fc1c(Nc2ccn[nH]2)ccc2c1CS(=S)C2. The molecule has 2 unspecified atom stereocenters. The molecule has 39 heavy (non-hydrogen) atoms. The number of halogens is 1. The van der Waals surface area contributed by atoms with Gasteiger partial charge in [0.2, 0.25) is 0 Å². The summed E-state index contributed by atoms with van der Waals surface area (Å²) in [6.07, 6.45) is 16.7. The van der Waals surface area contributed by atoms with Crippen LogP contribution in [0.5, 0.6) is 0 Å². The Morgan fingerprint density at radius 1 is 1.10 bits per heavy atom. The van der Waals surface area contributed by atoms with Crippen molar-refractivity contribution >= 4 is 38.1 Å². The maximum Gasteiger partial charge on any atom is 0.306 e. The summed E-state index contributed by atoms with van der Waals surface area (Å²) in [5.41, 5.74) is 2.90. The molecule has 2 atom stereocenters. The molecule has 0 saturated heterocycles. The second-order valence-corrected chi connectivity index (χ2v) is 14.2. The molecule has 1 aromatic carbocycles. The zero-order valence-corrected chi connectivity index (χ0v) is 26.7. The number of unbranched alkanes of at least 4 members (excludes halogenated alkanes) is 1. The third-order valence-electron chi connectivity index (χ3n) is 7.15. The Kier molecular flexibility index (Phi) is 17.4. The van der Waals surface area contributed by atoms with Crippen LogP contribution in [-0.4, -0.2) is 21.3 Å². The first-order valence-electron chi connectivity index (χ1n) is 14.7. The van der Waals surface area contributed by atoms with E-state index in [1.54, 1.807) is 25.3 Å². The number of aliphatic carboxylic acids is 1. The normalized spacial score (nSPS) is 16.4. The minimum atomic E-state index is -0.706. The number of aromatic amines is 1. The minimum absolute atomic E-state index is 0.131. The molecule has 5 nitrogen and oxygen atoms in total. The summed E-state index contributed by atoms with van der Waals surface area (Å²) in [5, 5.41) is 17.7. The lowest BCUT2D eigenvalue weighted by atomic mass is 9.83. The number of H-pyrrole nitrogens is 1. The smallest absolute Gasteiger partial charge is 0.306 e. The van der Waals surface area contributed by atoms with Crippen molar-refractivity contribution in [2.45, 2.75) is 124 Å². The number of benzene rings is 1. The number of rotatable bonds is 9. The van der Waals surface area contributed by atoms with E-state index in [0.717, 1.165) is 23.3 Å². The average Bonchev–Trinajstić information content (AvgIpc) is 3.69. The molecule has 0 amide bonds. The predicted molar refractivity (Wildman–Crippen MR) is 169 cm³/mol. The molecule has 4 rings (SSSR count). The van der Waals surface area contributed by atoms with Gasteiger partial charge >= 0.3 is 5.97 Å². The minimum Gasteiger partial charge on any atom is -0.481 e. The molecule has 2 heterocycles. The van der Waals surface area contributed by atoms with Crippen molar-refractivity contribution in [3.63, 3.8) is 0 Å². The van der Waals surface area contributed by atoms with E-state index >= 15 is 0 Å². The molecule has 1 aromatic heterocycles. The van der Waals surface area contributed by atoms with Gasteiger partial charge in [0, 0.05) is 23.1 Å². The number of aromatic nitrogens is 2. The average molecular weight is 582 g/mol. The van der Waals surface area contributed by atoms with E-state index in [9.17, 15) is 9.18 Å². The quantitative estimate of drug-likeness (QED) is 0.275. The summed E-state index contributed by atoms with van der Waals surface area (Å²) in [5.74, 6) is 1.11. The number of nitrogens with zero attached hydrogens (tertiary/aromatic N) is 1. The van der Waals surface area contributed by atoms with Crippen LogP contribution in [0.25, 0.3) is 0 Å². The summed E-state index contributed by atoms with van der Waals surface area (Å²) in [6, 6.07) is 5.47. The van der Waals surface area contributed by atoms with Crippen LogP contribution in [0.3, 0.4) is 0 Å². The lowest BCUT2D eigenvalue weighted by molar-refractivity contribution is -0.141. The van der Waals surface area contributed by atoms with Gasteiger partial charge < -0.3 is 10.4 Å². The maximum atomic E-state index is 14.2. The third kappa shape index (κ3) is 14.4. The van der Waals surface area contributed by atoms with Gasteiger partial charge in [0.05, 0.1) is 17.8 Å². The summed E-state index contributed by atoms with van der Waals surface area (Å²) in [4.78, 5) is 9.93. The van der Waals surface area contributed by atoms with E-state index < -0.39 is 5.97 Å². The van der Waals surface area contributed by atoms with Crippen molar-refractivity contribution in [3.8, 4) is 0 Å². The molecule has 1 aliphatic heterocycles. The zero-order valence-electron chi connectivity index (χ0n) is 25.1. The Balaban J connectivity index is 0.000000294.